The van der Waals surface area contributed by atoms with Crippen LogP contribution in [0.3, 0.4) is 0 Å². The van der Waals surface area contributed by atoms with Crippen LogP contribution in [0.1, 0.15) is 20.8 Å². The average Bonchev–Trinajstić information content (AvgIpc) is 1.27. The highest BCUT2D eigenvalue weighted by Crippen LogP contribution is 2.00. The molecule has 1 nitrogen and oxygen atoms in total. The van der Waals surface area contributed by atoms with Gasteiger partial charge >= 0.3 is 0 Å². The second-order valence-electron chi connectivity index (χ2n) is 2.18. The molecule has 1 heteroatoms. The van der Waals surface area contributed by atoms with E-state index in [2.05, 4.69) is 0 Å². The molecule has 0 spiro atoms. The lowest BCUT2D eigenvalue weighted by atomic mass is 10.1. The highest BCUT2D eigenvalue weighted by molar-refractivity contribution is 4.73. The summed E-state index contributed by atoms with van der Waals surface area (Å²) in [6.07, 6.45) is 1.64. The summed E-state index contributed by atoms with van der Waals surface area (Å²) in [6.45, 7) is 5.86. The Balaban J connectivity index is 2.95. The Labute approximate surface area is 45.4 Å². The second-order valence-corrected chi connectivity index (χ2v) is 2.18. The van der Waals surface area contributed by atoms with Crippen molar-refractivity contribution in [2.45, 2.75) is 26.9 Å². The van der Waals surface area contributed by atoms with Crippen molar-refractivity contribution in [1.29, 1.82) is 0 Å². The molecule has 1 unspecified atom stereocenters. The molecule has 0 aromatic carbocycles. The molecule has 0 rings (SSSR count). The van der Waals surface area contributed by atoms with Crippen LogP contribution in [0.5, 0.6) is 0 Å². The normalized spacial score (nSPS) is 15.0. The van der Waals surface area contributed by atoms with Crippen LogP contribution in [-0.2, 0) is 0 Å². The first-order valence-corrected chi connectivity index (χ1v) is 2.66. The standard InChI is InChI=1S/C6H13O/c1-5(2)4-6(3)7/h4-7H,1-3H3. The summed E-state index contributed by atoms with van der Waals surface area (Å²) in [5.41, 5.74) is 0. The lowest BCUT2D eigenvalue weighted by Crippen LogP contribution is -2.04. The fraction of sp³-hybridized carbons (Fsp3) is 0.833. The Hall–Kier alpha value is -0.0400. The molecule has 1 radical (unpaired) electrons. The minimum absolute atomic E-state index is 0.250. The minimum atomic E-state index is -0.250. The van der Waals surface area contributed by atoms with Crippen molar-refractivity contribution < 1.29 is 5.11 Å². The molecule has 0 fully saturated rings. The molecule has 0 aliphatic carbocycles. The summed E-state index contributed by atoms with van der Waals surface area (Å²) in [4.78, 5) is 0. The van der Waals surface area contributed by atoms with E-state index in [0.717, 1.165) is 0 Å². The summed E-state index contributed by atoms with van der Waals surface area (Å²) in [5.74, 6) is 0.500. The van der Waals surface area contributed by atoms with E-state index in [1.807, 2.05) is 20.3 Å². The van der Waals surface area contributed by atoms with E-state index >= 15 is 0 Å². The van der Waals surface area contributed by atoms with E-state index in [0.29, 0.717) is 5.92 Å². The highest BCUT2D eigenvalue weighted by Gasteiger charge is 1.97. The fourth-order valence-electron chi connectivity index (χ4n) is 0.557. The van der Waals surface area contributed by atoms with E-state index < -0.39 is 0 Å². The topological polar surface area (TPSA) is 20.2 Å². The van der Waals surface area contributed by atoms with Crippen molar-refractivity contribution in [1.82, 2.24) is 0 Å². The van der Waals surface area contributed by atoms with Crippen molar-refractivity contribution in [3.8, 4) is 0 Å². The predicted octanol–water partition coefficient (Wildman–Crippen LogP) is 1.23. The van der Waals surface area contributed by atoms with Gasteiger partial charge in [0.25, 0.3) is 0 Å². The molecule has 0 saturated heterocycles. The number of hydrogen-bond acceptors (Lipinski definition) is 1. The van der Waals surface area contributed by atoms with Gasteiger partial charge in [0.15, 0.2) is 0 Å². The minimum Gasteiger partial charge on any atom is -0.393 e. The molecule has 0 amide bonds. The van der Waals surface area contributed by atoms with Crippen molar-refractivity contribution in [3.63, 3.8) is 0 Å². The molecule has 1 N–H and O–H groups in total. The summed E-state index contributed by atoms with van der Waals surface area (Å²) in [7, 11) is 0. The van der Waals surface area contributed by atoms with E-state index in [1.54, 1.807) is 6.92 Å². The maximum absolute atomic E-state index is 8.67. The first-order chi connectivity index (χ1) is 3.13. The van der Waals surface area contributed by atoms with E-state index in [-0.39, 0.29) is 6.10 Å². The predicted molar refractivity (Wildman–Crippen MR) is 30.8 cm³/mol. The summed E-state index contributed by atoms with van der Waals surface area (Å²) in [5, 5.41) is 8.67. The third-order valence-corrected chi connectivity index (χ3v) is 0.663. The second kappa shape index (κ2) is 3.03. The number of hydrogen-bond donors (Lipinski definition) is 1. The molecule has 0 aromatic heterocycles. The largest absolute Gasteiger partial charge is 0.393 e. The highest BCUT2D eigenvalue weighted by atomic mass is 16.3. The van der Waals surface area contributed by atoms with Crippen LogP contribution >= 0.6 is 0 Å². The van der Waals surface area contributed by atoms with Gasteiger partial charge in [-0.2, -0.15) is 0 Å². The molecule has 43 valence electrons. The zero-order valence-corrected chi connectivity index (χ0v) is 5.18. The first-order valence-electron chi connectivity index (χ1n) is 2.66. The Morgan fingerprint density at radius 2 is 1.71 bits per heavy atom. The lowest BCUT2D eigenvalue weighted by Gasteiger charge is -2.04. The number of rotatable bonds is 2. The molecule has 0 aliphatic heterocycles. The van der Waals surface area contributed by atoms with Crippen LogP contribution in [0.25, 0.3) is 0 Å². The number of aliphatic hydroxyl groups excluding tert-OH is 1. The van der Waals surface area contributed by atoms with Gasteiger partial charge in [0.1, 0.15) is 0 Å². The lowest BCUT2D eigenvalue weighted by molar-refractivity contribution is 0.215. The van der Waals surface area contributed by atoms with Crippen molar-refractivity contribution in [2.24, 2.45) is 5.92 Å². The van der Waals surface area contributed by atoms with Crippen LogP contribution in [0.4, 0.5) is 0 Å². The Kier molecular flexibility index (Phi) is 3.01. The summed E-state index contributed by atoms with van der Waals surface area (Å²) in [6, 6.07) is 0. The van der Waals surface area contributed by atoms with Crippen LogP contribution in [0.2, 0.25) is 0 Å². The fourth-order valence-corrected chi connectivity index (χ4v) is 0.557. The van der Waals surface area contributed by atoms with Crippen LogP contribution < -0.4 is 0 Å². The maximum Gasteiger partial charge on any atom is 0.0546 e. The van der Waals surface area contributed by atoms with Crippen LogP contribution in [0, 0.1) is 12.3 Å². The first kappa shape index (κ1) is 6.96. The van der Waals surface area contributed by atoms with Gasteiger partial charge in [-0.15, -0.1) is 0 Å². The maximum atomic E-state index is 8.67. The van der Waals surface area contributed by atoms with E-state index in [9.17, 15) is 0 Å². The van der Waals surface area contributed by atoms with Crippen LogP contribution in [0.15, 0.2) is 0 Å². The zero-order valence-electron chi connectivity index (χ0n) is 5.18. The molecule has 7 heavy (non-hydrogen) atoms. The van der Waals surface area contributed by atoms with Gasteiger partial charge in [-0.1, -0.05) is 13.8 Å². The molecular formula is C6H13O. The van der Waals surface area contributed by atoms with Gasteiger partial charge in [-0.05, 0) is 19.3 Å². The number of aliphatic hydroxyl groups is 1. The van der Waals surface area contributed by atoms with Gasteiger partial charge in [-0.3, -0.25) is 0 Å². The monoisotopic (exact) mass is 101 g/mol. The molecule has 0 aliphatic rings. The quantitative estimate of drug-likeness (QED) is 0.554. The van der Waals surface area contributed by atoms with Crippen molar-refractivity contribution in [3.05, 3.63) is 6.42 Å². The van der Waals surface area contributed by atoms with E-state index in [4.69, 9.17) is 5.11 Å². The smallest absolute Gasteiger partial charge is 0.0546 e. The van der Waals surface area contributed by atoms with Gasteiger partial charge < -0.3 is 5.11 Å². The molecule has 0 saturated carbocycles. The summed E-state index contributed by atoms with van der Waals surface area (Å²) >= 11 is 0. The molecule has 1 atom stereocenters. The summed E-state index contributed by atoms with van der Waals surface area (Å²) < 4.78 is 0. The Morgan fingerprint density at radius 1 is 1.29 bits per heavy atom. The Morgan fingerprint density at radius 3 is 1.71 bits per heavy atom. The zero-order chi connectivity index (χ0) is 5.86. The Bertz CT molecular complexity index is 33.4. The third kappa shape index (κ3) is 5.96. The molecular weight excluding hydrogens is 88.1 g/mol. The van der Waals surface area contributed by atoms with Gasteiger partial charge in [0.2, 0.25) is 0 Å². The van der Waals surface area contributed by atoms with Gasteiger partial charge in [0, 0.05) is 0 Å². The van der Waals surface area contributed by atoms with Gasteiger partial charge in [0.05, 0.1) is 6.10 Å². The van der Waals surface area contributed by atoms with Crippen LogP contribution in [-0.4, -0.2) is 11.2 Å². The van der Waals surface area contributed by atoms with E-state index in [1.165, 1.54) is 0 Å². The van der Waals surface area contributed by atoms with Gasteiger partial charge in [-0.25, -0.2) is 0 Å². The molecule has 0 bridgehead atoms. The molecule has 0 aromatic rings. The molecule has 0 heterocycles. The average molecular weight is 101 g/mol. The third-order valence-electron chi connectivity index (χ3n) is 0.663. The SMILES string of the molecule is CC(C)[CH]C(C)O. The van der Waals surface area contributed by atoms with Crippen molar-refractivity contribution in [2.75, 3.05) is 0 Å². The van der Waals surface area contributed by atoms with Crippen molar-refractivity contribution >= 4 is 0 Å².